The summed E-state index contributed by atoms with van der Waals surface area (Å²) in [6, 6.07) is 3.35. The molecule has 1 heterocycles. The van der Waals surface area contributed by atoms with Crippen molar-refractivity contribution < 1.29 is 0 Å². The Kier molecular flexibility index (Phi) is 10.6. The van der Waals surface area contributed by atoms with Crippen molar-refractivity contribution in [2.75, 3.05) is 0 Å². The van der Waals surface area contributed by atoms with E-state index in [2.05, 4.69) is 45.8 Å². The highest BCUT2D eigenvalue weighted by Crippen LogP contribution is 2.36. The molecule has 23 heavy (non-hydrogen) atoms. The van der Waals surface area contributed by atoms with Crippen LogP contribution in [0.3, 0.4) is 0 Å². The van der Waals surface area contributed by atoms with Gasteiger partial charge in [-0.15, -0.1) is 0 Å². The van der Waals surface area contributed by atoms with Gasteiger partial charge in [0, 0.05) is 76.8 Å². The molecule has 10 heteroatoms. The molecule has 1 rings (SSSR count). The summed E-state index contributed by atoms with van der Waals surface area (Å²) in [7, 11) is 2.00. The van der Waals surface area contributed by atoms with Gasteiger partial charge in [-0.25, -0.2) is 0 Å². The maximum atomic E-state index is 3.05. The minimum Gasteiger partial charge on any atom is -0.0769 e. The van der Waals surface area contributed by atoms with Crippen LogP contribution in [0.25, 0.3) is 0 Å². The van der Waals surface area contributed by atoms with Crippen LogP contribution in [-0.4, -0.2) is 87.0 Å². The Labute approximate surface area is 165 Å². The zero-order valence-electron chi connectivity index (χ0n) is 17.8. The van der Waals surface area contributed by atoms with Crippen molar-refractivity contribution >= 4 is 87.0 Å². The lowest BCUT2D eigenvalue weighted by Crippen LogP contribution is -2.74. The Morgan fingerprint density at radius 1 is 1.26 bits per heavy atom. The van der Waals surface area contributed by atoms with Gasteiger partial charge >= 0.3 is 0 Å². The largest absolute Gasteiger partial charge is 0.0769 e. The van der Waals surface area contributed by atoms with E-state index in [-0.39, 0.29) is 50.9 Å². The lowest BCUT2D eigenvalue weighted by atomic mass is 10.9. The SMILES string of the molecule is C[SiH2][SiH](C)C[SiH](C)[Si]1(C)[SiH](C)C[SiH](C[SiH](C)CC[SiH3])C([SiH3])[SiH]1C. The molecule has 8 unspecified atom stereocenters. The van der Waals surface area contributed by atoms with Gasteiger partial charge in [0.05, 0.1) is 0 Å². The van der Waals surface area contributed by atoms with Crippen molar-refractivity contribution in [2.45, 2.75) is 79.7 Å². The molecule has 0 aliphatic carbocycles. The van der Waals surface area contributed by atoms with Crippen LogP contribution in [0.15, 0.2) is 0 Å². The Balaban J connectivity index is 2.83. The van der Waals surface area contributed by atoms with Gasteiger partial charge in [0.25, 0.3) is 0 Å². The van der Waals surface area contributed by atoms with E-state index in [1.807, 2.05) is 17.0 Å². The first-order valence-corrected chi connectivity index (χ1v) is 38.7. The summed E-state index contributed by atoms with van der Waals surface area (Å²) in [5.41, 5.74) is 5.81. The molecular formula is C13H46Si10. The molecule has 0 radical (unpaired) electrons. The number of hydrogen-bond donors (Lipinski definition) is 0. The third-order valence-electron chi connectivity index (χ3n) is 8.23. The average molecular weight is 483 g/mol. The number of rotatable bonds is 8. The zero-order chi connectivity index (χ0) is 17.8. The lowest BCUT2D eigenvalue weighted by molar-refractivity contribution is 1.37. The van der Waals surface area contributed by atoms with E-state index >= 15 is 0 Å². The summed E-state index contributed by atoms with van der Waals surface area (Å²) < 4.78 is 0. The maximum Gasteiger partial charge on any atom is 0.0304 e. The molecule has 0 nitrogen and oxygen atoms in total. The minimum absolute atomic E-state index is 0.164. The molecule has 0 saturated carbocycles. The fourth-order valence-corrected chi connectivity index (χ4v) is 156. The van der Waals surface area contributed by atoms with Gasteiger partial charge in [-0.2, -0.15) is 0 Å². The molecule has 8 atom stereocenters. The van der Waals surface area contributed by atoms with E-state index in [4.69, 9.17) is 0 Å². The van der Waals surface area contributed by atoms with Crippen molar-refractivity contribution in [3.63, 3.8) is 0 Å². The van der Waals surface area contributed by atoms with Crippen molar-refractivity contribution in [2.24, 2.45) is 0 Å². The van der Waals surface area contributed by atoms with Gasteiger partial charge in [-0.1, -0.05) is 79.7 Å². The summed E-state index contributed by atoms with van der Waals surface area (Å²) in [5, 5.41) is 0. The van der Waals surface area contributed by atoms with Crippen molar-refractivity contribution in [3.8, 4) is 0 Å². The van der Waals surface area contributed by atoms with Crippen LogP contribution < -0.4 is 0 Å². The molecule has 0 aromatic heterocycles. The van der Waals surface area contributed by atoms with Crippen molar-refractivity contribution in [3.05, 3.63) is 0 Å². The third-order valence-corrected chi connectivity index (χ3v) is 113. The van der Waals surface area contributed by atoms with Gasteiger partial charge in [0.1, 0.15) is 0 Å². The Morgan fingerprint density at radius 2 is 1.87 bits per heavy atom. The molecule has 0 spiro atoms. The van der Waals surface area contributed by atoms with Crippen LogP contribution in [0.1, 0.15) is 0 Å². The second-order valence-corrected chi connectivity index (χ2v) is 70.9. The monoisotopic (exact) mass is 482 g/mol. The summed E-state index contributed by atoms with van der Waals surface area (Å²) in [6.07, 6.45) is 0. The third kappa shape index (κ3) is 5.82. The first-order valence-electron chi connectivity index (χ1n) is 10.7. The fraction of sp³-hybridized carbons (Fsp3) is 1.00. The van der Waals surface area contributed by atoms with E-state index in [1.165, 1.54) is 15.0 Å². The topological polar surface area (TPSA) is 0 Å². The molecule has 1 saturated heterocycles. The highest BCUT2D eigenvalue weighted by Gasteiger charge is 2.52. The van der Waals surface area contributed by atoms with Crippen LogP contribution in [0.2, 0.25) is 79.7 Å². The summed E-state index contributed by atoms with van der Waals surface area (Å²) in [4.78, 5) is 1.50. The van der Waals surface area contributed by atoms with Crippen LogP contribution in [-0.2, 0) is 0 Å². The quantitative estimate of drug-likeness (QED) is 0.396. The Morgan fingerprint density at radius 3 is 2.39 bits per heavy atom. The van der Waals surface area contributed by atoms with E-state index in [0.717, 1.165) is 0 Å². The molecule has 0 aromatic carbocycles. The van der Waals surface area contributed by atoms with E-state index < -0.39 is 6.63 Å². The molecule has 1 fully saturated rings. The molecule has 0 amide bonds. The van der Waals surface area contributed by atoms with Crippen molar-refractivity contribution in [1.29, 1.82) is 0 Å². The van der Waals surface area contributed by atoms with Crippen LogP contribution in [0.4, 0.5) is 0 Å². The molecule has 0 N–H and O–H groups in total. The lowest BCUT2D eigenvalue weighted by Gasteiger charge is -2.52. The van der Waals surface area contributed by atoms with Crippen LogP contribution >= 0.6 is 0 Å². The van der Waals surface area contributed by atoms with E-state index in [1.54, 1.807) is 22.3 Å². The second kappa shape index (κ2) is 10.5. The Bertz CT molecular complexity index is 356. The van der Waals surface area contributed by atoms with Gasteiger partial charge in [-0.3, -0.25) is 0 Å². The van der Waals surface area contributed by atoms with Crippen LogP contribution in [0.5, 0.6) is 0 Å². The predicted octanol–water partition coefficient (Wildman–Crippen LogP) is -0.827. The van der Waals surface area contributed by atoms with Gasteiger partial charge in [-0.05, 0) is 10.2 Å². The highest BCUT2D eigenvalue weighted by molar-refractivity contribution is 7.82. The molecule has 0 bridgehead atoms. The predicted molar refractivity (Wildman–Crippen MR) is 146 cm³/mol. The normalized spacial score (nSPS) is 39.8. The highest BCUT2D eigenvalue weighted by atomic mass is 29.9. The van der Waals surface area contributed by atoms with Gasteiger partial charge < -0.3 is 0 Å². The first-order chi connectivity index (χ1) is 10.7. The second-order valence-electron chi connectivity index (χ2n) is 9.69. The molecular weight excluding hydrogens is 437 g/mol. The summed E-state index contributed by atoms with van der Waals surface area (Å²) in [5.74, 6) is 0. The van der Waals surface area contributed by atoms with Gasteiger partial charge in [0.2, 0.25) is 0 Å². The molecule has 0 aromatic rings. The molecule has 138 valence electrons. The Hall–Kier alpha value is 2.17. The van der Waals surface area contributed by atoms with Crippen LogP contribution in [0, 0.1) is 0 Å². The van der Waals surface area contributed by atoms with Crippen molar-refractivity contribution in [1.82, 2.24) is 0 Å². The van der Waals surface area contributed by atoms with Gasteiger partial charge in [0.15, 0.2) is 0 Å². The smallest absolute Gasteiger partial charge is 0.0304 e. The maximum absolute atomic E-state index is 3.05. The molecule has 1 aliphatic heterocycles. The average Bonchev–Trinajstić information content (AvgIpc) is 2.50. The van der Waals surface area contributed by atoms with E-state index in [9.17, 15) is 0 Å². The number of hydrogen-bond acceptors (Lipinski definition) is 0. The summed E-state index contributed by atoms with van der Waals surface area (Å²) in [6.45, 7) is 19.4. The first kappa shape index (κ1) is 23.2. The fourth-order valence-electron chi connectivity index (χ4n) is 5.74. The summed E-state index contributed by atoms with van der Waals surface area (Å²) >= 11 is 0. The standard InChI is InChI=1S/C13H46Si10/c1-16-18(3)11-19(4)23(7)20(5)12-22(13(15)21(23)6)10-17(2)9-8-14/h13,17-22H,8-12,16H2,1-7,14-15H3. The zero-order valence-corrected chi connectivity index (χ0v) is 31.1. The molecule has 1 aliphatic rings. The minimum atomic E-state index is -0.635. The van der Waals surface area contributed by atoms with E-state index in [0.29, 0.717) is 9.04 Å².